The SMILES string of the molecule is CCCCCCCCCCCCOc1ccc(/C=C(\CCCCCC[Si](OCC)(OCC)OCC)C(=O)O)cc1. The predicted molar refractivity (Wildman–Crippen MR) is 168 cm³/mol. The highest BCUT2D eigenvalue weighted by atomic mass is 28.4. The average molecular weight is 579 g/mol. The number of carbonyl (C=O) groups is 1. The number of unbranched alkanes of at least 4 members (excludes halogenated alkanes) is 12. The molecular formula is C33H58O6Si. The van der Waals surface area contributed by atoms with Crippen molar-refractivity contribution < 1.29 is 27.9 Å². The minimum atomic E-state index is -2.59. The molecule has 0 atom stereocenters. The summed E-state index contributed by atoms with van der Waals surface area (Å²) in [4.78, 5) is 11.8. The fourth-order valence-electron chi connectivity index (χ4n) is 4.89. The van der Waals surface area contributed by atoms with Crippen molar-refractivity contribution in [2.45, 2.75) is 130 Å². The molecule has 0 aliphatic heterocycles. The second-order valence-corrected chi connectivity index (χ2v) is 13.2. The van der Waals surface area contributed by atoms with E-state index in [2.05, 4.69) is 6.92 Å². The van der Waals surface area contributed by atoms with Crippen LogP contribution in [0.4, 0.5) is 0 Å². The molecule has 0 aliphatic rings. The van der Waals surface area contributed by atoms with Crippen LogP contribution >= 0.6 is 0 Å². The van der Waals surface area contributed by atoms with E-state index in [1.165, 1.54) is 57.8 Å². The van der Waals surface area contributed by atoms with Crippen LogP contribution in [0, 0.1) is 0 Å². The third-order valence-corrected chi connectivity index (χ3v) is 10.2. The fourth-order valence-corrected chi connectivity index (χ4v) is 7.58. The second kappa shape index (κ2) is 24.0. The van der Waals surface area contributed by atoms with Crippen molar-refractivity contribution in [2.75, 3.05) is 26.4 Å². The Hall–Kier alpha value is -1.67. The van der Waals surface area contributed by atoms with Crippen LogP contribution in [0.5, 0.6) is 5.75 Å². The van der Waals surface area contributed by atoms with Crippen LogP contribution in [-0.4, -0.2) is 46.3 Å². The van der Waals surface area contributed by atoms with Crippen molar-refractivity contribution in [1.82, 2.24) is 0 Å². The molecule has 0 saturated carbocycles. The first-order valence-corrected chi connectivity index (χ1v) is 18.0. The second-order valence-electron chi connectivity index (χ2n) is 10.5. The van der Waals surface area contributed by atoms with E-state index < -0.39 is 14.8 Å². The quantitative estimate of drug-likeness (QED) is 0.0637. The van der Waals surface area contributed by atoms with Gasteiger partial charge in [0.2, 0.25) is 0 Å². The molecule has 1 aromatic rings. The van der Waals surface area contributed by atoms with Crippen molar-refractivity contribution in [3.05, 3.63) is 35.4 Å². The van der Waals surface area contributed by atoms with Crippen LogP contribution in [0.15, 0.2) is 29.8 Å². The molecule has 0 heterocycles. The molecule has 0 radical (unpaired) electrons. The van der Waals surface area contributed by atoms with Gasteiger partial charge in [-0.3, -0.25) is 0 Å². The molecule has 1 N–H and O–H groups in total. The predicted octanol–water partition coefficient (Wildman–Crippen LogP) is 9.45. The molecule has 7 heteroatoms. The lowest BCUT2D eigenvalue weighted by atomic mass is 10.0. The lowest BCUT2D eigenvalue weighted by Crippen LogP contribution is -2.45. The smallest absolute Gasteiger partial charge is 0.494 e. The highest BCUT2D eigenvalue weighted by Gasteiger charge is 2.39. The van der Waals surface area contributed by atoms with E-state index in [1.54, 1.807) is 6.08 Å². The fraction of sp³-hybridized carbons (Fsp3) is 0.727. The van der Waals surface area contributed by atoms with Gasteiger partial charge in [0, 0.05) is 31.4 Å². The van der Waals surface area contributed by atoms with Crippen LogP contribution in [0.1, 0.15) is 130 Å². The third kappa shape index (κ3) is 17.2. The number of ether oxygens (including phenoxy) is 1. The minimum Gasteiger partial charge on any atom is -0.494 e. The van der Waals surface area contributed by atoms with Crippen molar-refractivity contribution in [3.63, 3.8) is 0 Å². The minimum absolute atomic E-state index is 0.445. The van der Waals surface area contributed by atoms with Crippen LogP contribution in [0.2, 0.25) is 6.04 Å². The zero-order valence-corrected chi connectivity index (χ0v) is 27.0. The van der Waals surface area contributed by atoms with Gasteiger partial charge in [-0.05, 0) is 70.2 Å². The van der Waals surface area contributed by atoms with Gasteiger partial charge in [0.1, 0.15) is 5.75 Å². The Labute approximate surface area is 246 Å². The first kappa shape index (κ1) is 36.4. The maximum absolute atomic E-state index is 11.8. The van der Waals surface area contributed by atoms with Crippen LogP contribution in [0.25, 0.3) is 6.08 Å². The maximum atomic E-state index is 11.8. The summed E-state index contributed by atoms with van der Waals surface area (Å²) in [5.41, 5.74) is 1.34. The molecule has 1 aromatic carbocycles. The lowest BCUT2D eigenvalue weighted by Gasteiger charge is -2.28. The molecule has 0 fully saturated rings. The normalized spacial score (nSPS) is 12.2. The molecule has 230 valence electrons. The summed E-state index contributed by atoms with van der Waals surface area (Å²) in [6.45, 7) is 10.7. The van der Waals surface area contributed by atoms with Gasteiger partial charge in [-0.15, -0.1) is 0 Å². The number of hydrogen-bond donors (Lipinski definition) is 1. The molecule has 1 rings (SSSR count). The van der Waals surface area contributed by atoms with Crippen molar-refractivity contribution in [1.29, 1.82) is 0 Å². The molecule has 0 aromatic heterocycles. The molecule has 0 bridgehead atoms. The van der Waals surface area contributed by atoms with E-state index in [4.69, 9.17) is 18.0 Å². The number of carboxylic acid groups (broad SMARTS) is 1. The van der Waals surface area contributed by atoms with Gasteiger partial charge in [0.05, 0.1) is 6.61 Å². The number of hydrogen-bond acceptors (Lipinski definition) is 5. The Balaban J connectivity index is 2.33. The molecule has 0 amide bonds. The first-order chi connectivity index (χ1) is 19.5. The van der Waals surface area contributed by atoms with Gasteiger partial charge in [-0.2, -0.15) is 0 Å². The largest absolute Gasteiger partial charge is 0.500 e. The first-order valence-electron chi connectivity index (χ1n) is 16.1. The summed E-state index contributed by atoms with van der Waals surface area (Å²) in [6.07, 6.45) is 19.2. The van der Waals surface area contributed by atoms with Crippen molar-refractivity contribution >= 4 is 20.8 Å². The lowest BCUT2D eigenvalue weighted by molar-refractivity contribution is -0.132. The molecule has 0 aliphatic carbocycles. The van der Waals surface area contributed by atoms with Gasteiger partial charge < -0.3 is 23.1 Å². The van der Waals surface area contributed by atoms with Gasteiger partial charge >= 0.3 is 14.8 Å². The number of carboxylic acids is 1. The van der Waals surface area contributed by atoms with E-state index in [9.17, 15) is 9.90 Å². The zero-order valence-electron chi connectivity index (χ0n) is 26.0. The van der Waals surface area contributed by atoms with Crippen LogP contribution in [-0.2, 0) is 18.1 Å². The van der Waals surface area contributed by atoms with Gasteiger partial charge in [-0.25, -0.2) is 4.79 Å². The summed E-state index contributed by atoms with van der Waals surface area (Å²) in [5, 5.41) is 9.71. The topological polar surface area (TPSA) is 74.2 Å². The zero-order chi connectivity index (χ0) is 29.3. The van der Waals surface area contributed by atoms with Gasteiger partial charge in [0.15, 0.2) is 0 Å². The molecule has 0 spiro atoms. The van der Waals surface area contributed by atoms with E-state index in [1.807, 2.05) is 45.0 Å². The molecule has 0 unspecified atom stereocenters. The Bertz CT molecular complexity index is 763. The van der Waals surface area contributed by atoms with E-state index >= 15 is 0 Å². The standard InChI is InChI=1S/C33H58O6Si/c1-5-9-10-11-12-13-14-15-17-20-27-36-32-25-23-30(24-26-32)29-31(33(34)35)22-19-16-18-21-28-40(37-6-2,38-7-3)39-8-4/h23-26,29H,5-22,27-28H2,1-4H3,(H,34,35)/b31-29+. The summed E-state index contributed by atoms with van der Waals surface area (Å²) in [5.74, 6) is -0.00696. The molecule has 40 heavy (non-hydrogen) atoms. The Morgan fingerprint density at radius 1 is 0.700 bits per heavy atom. The Kier molecular flexibility index (Phi) is 21.8. The molecule has 0 saturated heterocycles. The van der Waals surface area contributed by atoms with Crippen molar-refractivity contribution in [2.24, 2.45) is 0 Å². The average Bonchev–Trinajstić information content (AvgIpc) is 2.94. The van der Waals surface area contributed by atoms with Crippen LogP contribution in [0.3, 0.4) is 0 Å². The number of aliphatic carboxylic acids is 1. The monoisotopic (exact) mass is 578 g/mol. The number of benzene rings is 1. The summed E-state index contributed by atoms with van der Waals surface area (Å²) < 4.78 is 23.7. The maximum Gasteiger partial charge on any atom is 0.500 e. The summed E-state index contributed by atoms with van der Waals surface area (Å²) in [7, 11) is -2.59. The van der Waals surface area contributed by atoms with E-state index in [-0.39, 0.29) is 0 Å². The highest BCUT2D eigenvalue weighted by molar-refractivity contribution is 6.60. The highest BCUT2D eigenvalue weighted by Crippen LogP contribution is 2.22. The number of rotatable bonds is 27. The summed E-state index contributed by atoms with van der Waals surface area (Å²) >= 11 is 0. The summed E-state index contributed by atoms with van der Waals surface area (Å²) in [6, 6.07) is 8.56. The van der Waals surface area contributed by atoms with Crippen LogP contribution < -0.4 is 4.74 Å². The van der Waals surface area contributed by atoms with Gasteiger partial charge in [0.25, 0.3) is 0 Å². The Morgan fingerprint density at radius 2 is 1.20 bits per heavy atom. The van der Waals surface area contributed by atoms with E-state index in [0.717, 1.165) is 56.1 Å². The Morgan fingerprint density at radius 3 is 1.73 bits per heavy atom. The van der Waals surface area contributed by atoms with Gasteiger partial charge in [-0.1, -0.05) is 89.7 Å². The molecular weight excluding hydrogens is 520 g/mol. The third-order valence-electron chi connectivity index (χ3n) is 7.03. The van der Waals surface area contributed by atoms with Crippen molar-refractivity contribution in [3.8, 4) is 5.75 Å². The van der Waals surface area contributed by atoms with E-state index in [0.29, 0.717) is 31.8 Å². The molecule has 6 nitrogen and oxygen atoms in total.